The molecule has 0 saturated carbocycles. The van der Waals surface area contributed by atoms with Crippen LogP contribution in [0.2, 0.25) is 0 Å². The molecule has 2 nitrogen and oxygen atoms in total. The Labute approximate surface area is 114 Å². The maximum Gasteiger partial charge on any atom is 0.0648 e. The van der Waals surface area contributed by atoms with E-state index in [0.717, 1.165) is 23.4 Å². The maximum absolute atomic E-state index is 4.44. The summed E-state index contributed by atoms with van der Waals surface area (Å²) in [6.07, 6.45) is 2.73. The molecule has 0 radical (unpaired) electrons. The zero-order valence-corrected chi connectivity index (χ0v) is 11.1. The number of para-hydroxylation sites is 1. The highest BCUT2D eigenvalue weighted by Crippen LogP contribution is 2.16. The van der Waals surface area contributed by atoms with Gasteiger partial charge < -0.3 is 0 Å². The third-order valence-electron chi connectivity index (χ3n) is 2.92. The van der Waals surface area contributed by atoms with E-state index in [1.807, 2.05) is 49.4 Å². The average molecular weight is 250 g/mol. The average Bonchev–Trinajstić information content (AvgIpc) is 2.47. The van der Waals surface area contributed by atoms with Crippen molar-refractivity contribution in [2.75, 3.05) is 5.43 Å². The van der Waals surface area contributed by atoms with Crippen LogP contribution in [0.15, 0.2) is 72.4 Å². The predicted molar refractivity (Wildman–Crippen MR) is 82.6 cm³/mol. The van der Waals surface area contributed by atoms with E-state index in [1.165, 1.54) is 5.56 Å². The summed E-state index contributed by atoms with van der Waals surface area (Å²) in [5, 5.41) is 4.44. The topological polar surface area (TPSA) is 24.4 Å². The van der Waals surface area contributed by atoms with Gasteiger partial charge in [0.2, 0.25) is 0 Å². The van der Waals surface area contributed by atoms with Crippen molar-refractivity contribution in [1.82, 2.24) is 0 Å². The standard InChI is InChI=1S/C17H18N2/c1-3-9-16-12-7-8-13-17(16)19-18-14(2)15-10-5-4-6-11-15/h3-8,10-13,19H,1,9H2,2H3/b18-14-. The molecule has 0 amide bonds. The van der Waals surface area contributed by atoms with Gasteiger partial charge in [-0.05, 0) is 30.5 Å². The van der Waals surface area contributed by atoms with Crippen LogP contribution < -0.4 is 5.43 Å². The summed E-state index contributed by atoms with van der Waals surface area (Å²) in [4.78, 5) is 0. The number of nitrogens with zero attached hydrogens (tertiary/aromatic N) is 1. The molecule has 2 aromatic rings. The highest BCUT2D eigenvalue weighted by Gasteiger charge is 1.99. The van der Waals surface area contributed by atoms with Crippen LogP contribution in [0.5, 0.6) is 0 Å². The van der Waals surface area contributed by atoms with E-state index < -0.39 is 0 Å². The van der Waals surface area contributed by atoms with E-state index in [2.05, 4.69) is 35.3 Å². The summed E-state index contributed by atoms with van der Waals surface area (Å²) in [5.41, 5.74) is 7.45. The molecule has 0 aromatic heterocycles. The van der Waals surface area contributed by atoms with Gasteiger partial charge in [0.05, 0.1) is 11.4 Å². The zero-order valence-electron chi connectivity index (χ0n) is 11.1. The highest BCUT2D eigenvalue weighted by atomic mass is 15.3. The Balaban J connectivity index is 2.16. The Hall–Kier alpha value is -2.35. The first-order valence-corrected chi connectivity index (χ1v) is 6.36. The molecule has 2 heteroatoms. The van der Waals surface area contributed by atoms with Crippen molar-refractivity contribution in [3.63, 3.8) is 0 Å². The van der Waals surface area contributed by atoms with Gasteiger partial charge in [-0.15, -0.1) is 6.58 Å². The Morgan fingerprint density at radius 1 is 1.11 bits per heavy atom. The number of anilines is 1. The van der Waals surface area contributed by atoms with Gasteiger partial charge in [-0.3, -0.25) is 5.43 Å². The summed E-state index contributed by atoms with van der Waals surface area (Å²) in [7, 11) is 0. The SMILES string of the molecule is C=CCc1ccccc1N/N=C(/C)c1ccccc1. The van der Waals surface area contributed by atoms with Crippen LogP contribution in [-0.4, -0.2) is 5.71 Å². The lowest BCUT2D eigenvalue weighted by Gasteiger charge is -2.08. The van der Waals surface area contributed by atoms with Gasteiger partial charge in [-0.25, -0.2) is 0 Å². The summed E-state index contributed by atoms with van der Waals surface area (Å²) >= 11 is 0. The van der Waals surface area contributed by atoms with Crippen molar-refractivity contribution >= 4 is 11.4 Å². The fraction of sp³-hybridized carbons (Fsp3) is 0.118. The molecule has 2 rings (SSSR count). The Bertz CT molecular complexity index is 571. The molecule has 0 aliphatic rings. The van der Waals surface area contributed by atoms with Crippen LogP contribution in [0, 0.1) is 0 Å². The minimum absolute atomic E-state index is 0.836. The number of hydrazone groups is 1. The van der Waals surface area contributed by atoms with Gasteiger partial charge >= 0.3 is 0 Å². The second-order valence-electron chi connectivity index (χ2n) is 4.32. The van der Waals surface area contributed by atoms with E-state index in [1.54, 1.807) is 0 Å². The lowest BCUT2D eigenvalue weighted by Crippen LogP contribution is -2.01. The molecule has 0 saturated heterocycles. The third kappa shape index (κ3) is 3.55. The monoisotopic (exact) mass is 250 g/mol. The number of allylic oxidation sites excluding steroid dienone is 1. The Kier molecular flexibility index (Phi) is 4.51. The Morgan fingerprint density at radius 3 is 2.53 bits per heavy atom. The first-order chi connectivity index (χ1) is 9.31. The second-order valence-corrected chi connectivity index (χ2v) is 4.32. The lowest BCUT2D eigenvalue weighted by atomic mass is 10.1. The highest BCUT2D eigenvalue weighted by molar-refractivity contribution is 5.99. The van der Waals surface area contributed by atoms with E-state index in [-0.39, 0.29) is 0 Å². The fourth-order valence-electron chi connectivity index (χ4n) is 1.85. The summed E-state index contributed by atoms with van der Waals surface area (Å²) in [6, 6.07) is 18.3. The van der Waals surface area contributed by atoms with Crippen molar-refractivity contribution < 1.29 is 0 Å². The molecule has 0 unspecified atom stereocenters. The van der Waals surface area contributed by atoms with Crippen molar-refractivity contribution in [3.05, 3.63) is 78.4 Å². The van der Waals surface area contributed by atoms with E-state index in [4.69, 9.17) is 0 Å². The molecule has 96 valence electrons. The molecule has 0 heterocycles. The number of hydrogen-bond donors (Lipinski definition) is 1. The molecular formula is C17H18N2. The van der Waals surface area contributed by atoms with Crippen molar-refractivity contribution in [1.29, 1.82) is 0 Å². The van der Waals surface area contributed by atoms with Crippen molar-refractivity contribution in [3.8, 4) is 0 Å². The smallest absolute Gasteiger partial charge is 0.0648 e. The Morgan fingerprint density at radius 2 is 1.79 bits per heavy atom. The molecule has 0 aliphatic heterocycles. The number of rotatable bonds is 5. The molecule has 0 spiro atoms. The van der Waals surface area contributed by atoms with Crippen molar-refractivity contribution in [2.45, 2.75) is 13.3 Å². The lowest BCUT2D eigenvalue weighted by molar-refractivity contribution is 1.23. The first-order valence-electron chi connectivity index (χ1n) is 6.36. The van der Waals surface area contributed by atoms with Gasteiger partial charge in [0.1, 0.15) is 0 Å². The van der Waals surface area contributed by atoms with Crippen LogP contribution in [0.25, 0.3) is 0 Å². The maximum atomic E-state index is 4.44. The predicted octanol–water partition coefficient (Wildman–Crippen LogP) is 4.25. The fourth-order valence-corrected chi connectivity index (χ4v) is 1.85. The molecule has 0 atom stereocenters. The van der Waals surface area contributed by atoms with E-state index in [9.17, 15) is 0 Å². The van der Waals surface area contributed by atoms with E-state index >= 15 is 0 Å². The largest absolute Gasteiger partial charge is 0.278 e. The molecule has 1 N–H and O–H groups in total. The third-order valence-corrected chi connectivity index (χ3v) is 2.92. The number of hydrogen-bond acceptors (Lipinski definition) is 2. The molecule has 19 heavy (non-hydrogen) atoms. The minimum Gasteiger partial charge on any atom is -0.278 e. The normalized spacial score (nSPS) is 11.1. The van der Waals surface area contributed by atoms with Gasteiger partial charge in [0, 0.05) is 0 Å². The number of benzene rings is 2. The summed E-state index contributed by atoms with van der Waals surface area (Å²) in [6.45, 7) is 5.77. The minimum atomic E-state index is 0.836. The molecule has 0 fully saturated rings. The first kappa shape index (κ1) is 13.1. The van der Waals surface area contributed by atoms with Gasteiger partial charge in [0.25, 0.3) is 0 Å². The quantitative estimate of drug-likeness (QED) is 0.479. The number of nitrogens with one attached hydrogen (secondary N) is 1. The molecule has 0 bridgehead atoms. The van der Waals surface area contributed by atoms with E-state index in [0.29, 0.717) is 0 Å². The van der Waals surface area contributed by atoms with Gasteiger partial charge in [-0.1, -0.05) is 54.6 Å². The summed E-state index contributed by atoms with van der Waals surface area (Å²) < 4.78 is 0. The van der Waals surface area contributed by atoms with Crippen LogP contribution in [-0.2, 0) is 6.42 Å². The van der Waals surface area contributed by atoms with Crippen LogP contribution in [0.1, 0.15) is 18.1 Å². The van der Waals surface area contributed by atoms with Gasteiger partial charge in [-0.2, -0.15) is 5.10 Å². The van der Waals surface area contributed by atoms with Crippen LogP contribution in [0.4, 0.5) is 5.69 Å². The van der Waals surface area contributed by atoms with Crippen molar-refractivity contribution in [2.24, 2.45) is 5.10 Å². The molecule has 0 aliphatic carbocycles. The molecular weight excluding hydrogens is 232 g/mol. The molecule has 2 aromatic carbocycles. The van der Waals surface area contributed by atoms with Crippen LogP contribution >= 0.6 is 0 Å². The zero-order chi connectivity index (χ0) is 13.5. The second kappa shape index (κ2) is 6.55. The van der Waals surface area contributed by atoms with Crippen LogP contribution in [0.3, 0.4) is 0 Å². The van der Waals surface area contributed by atoms with Gasteiger partial charge in [0.15, 0.2) is 0 Å². The summed E-state index contributed by atoms with van der Waals surface area (Å²) in [5.74, 6) is 0.